The molecule has 0 atom stereocenters. The predicted octanol–water partition coefficient (Wildman–Crippen LogP) is 1.50. The largest absolute Gasteiger partial charge is 0.395 e. The Morgan fingerprint density at radius 1 is 1.52 bits per heavy atom. The summed E-state index contributed by atoms with van der Waals surface area (Å²) < 4.78 is 18.4. The van der Waals surface area contributed by atoms with Crippen LogP contribution in [0.4, 0.5) is 10.4 Å². The average molecular weight is 289 g/mol. The van der Waals surface area contributed by atoms with E-state index in [9.17, 15) is 9.18 Å². The van der Waals surface area contributed by atoms with Gasteiger partial charge in [-0.05, 0) is 25.1 Å². The van der Waals surface area contributed by atoms with Crippen molar-refractivity contribution < 1.29 is 18.8 Å². The van der Waals surface area contributed by atoms with E-state index in [2.05, 4.69) is 27.3 Å². The van der Waals surface area contributed by atoms with Crippen molar-refractivity contribution in [3.63, 3.8) is 0 Å². The van der Waals surface area contributed by atoms with Crippen molar-refractivity contribution in [3.8, 4) is 11.8 Å². The summed E-state index contributed by atoms with van der Waals surface area (Å²) in [6, 6.07) is 3.82. The van der Waals surface area contributed by atoms with Crippen LogP contribution in [-0.2, 0) is 0 Å². The number of hydrogen-bond donors (Lipinski definition) is 2. The van der Waals surface area contributed by atoms with Gasteiger partial charge in [0.05, 0.1) is 12.2 Å². The van der Waals surface area contributed by atoms with Crippen molar-refractivity contribution >= 4 is 11.9 Å². The third-order valence-corrected chi connectivity index (χ3v) is 2.43. The van der Waals surface area contributed by atoms with E-state index in [0.29, 0.717) is 17.8 Å². The normalized spacial score (nSPS) is 9.86. The molecule has 21 heavy (non-hydrogen) atoms. The summed E-state index contributed by atoms with van der Waals surface area (Å²) in [5.41, 5.74) is 0.290. The van der Waals surface area contributed by atoms with E-state index in [0.717, 1.165) is 6.07 Å². The molecule has 2 N–H and O–H groups in total. The molecular weight excluding hydrogens is 277 g/mol. The van der Waals surface area contributed by atoms with Crippen LogP contribution >= 0.6 is 0 Å². The Balaban J connectivity index is 2.20. The number of anilines is 1. The number of carbonyl (C=O) groups is 1. The van der Waals surface area contributed by atoms with Gasteiger partial charge in [-0.2, -0.15) is 4.98 Å². The quantitative estimate of drug-likeness (QED) is 0.836. The number of rotatable bonds is 3. The monoisotopic (exact) mass is 289 g/mol. The molecule has 7 heteroatoms. The number of carbonyl (C=O) groups excluding carboxylic acids is 1. The van der Waals surface area contributed by atoms with E-state index in [1.807, 2.05) is 0 Å². The van der Waals surface area contributed by atoms with Gasteiger partial charge in [0.1, 0.15) is 5.82 Å². The second-order valence-electron chi connectivity index (χ2n) is 4.07. The number of amides is 1. The number of halogens is 1. The maximum absolute atomic E-state index is 13.7. The Labute approximate surface area is 120 Å². The van der Waals surface area contributed by atoms with Crippen molar-refractivity contribution in [2.45, 2.75) is 13.3 Å². The maximum Gasteiger partial charge on any atom is 0.328 e. The van der Waals surface area contributed by atoms with Crippen molar-refractivity contribution in [2.75, 3.05) is 11.9 Å². The topological polar surface area (TPSA) is 88.2 Å². The van der Waals surface area contributed by atoms with Gasteiger partial charge in [0.25, 0.3) is 5.91 Å². The molecule has 1 aromatic heterocycles. The highest BCUT2D eigenvalue weighted by molar-refractivity contribution is 6.03. The molecule has 0 bridgehead atoms. The Morgan fingerprint density at radius 2 is 2.33 bits per heavy atom. The van der Waals surface area contributed by atoms with Crippen LogP contribution in [0.3, 0.4) is 0 Å². The lowest BCUT2D eigenvalue weighted by atomic mass is 10.1. The summed E-state index contributed by atoms with van der Waals surface area (Å²) in [7, 11) is 0. The zero-order valence-corrected chi connectivity index (χ0v) is 11.2. The fraction of sp³-hybridized carbons (Fsp3) is 0.214. The molecular formula is C14H12FN3O3. The molecule has 0 aliphatic rings. The van der Waals surface area contributed by atoms with Crippen LogP contribution in [0.15, 0.2) is 22.7 Å². The van der Waals surface area contributed by atoms with Gasteiger partial charge in [0, 0.05) is 12.0 Å². The second-order valence-corrected chi connectivity index (χ2v) is 4.07. The van der Waals surface area contributed by atoms with Gasteiger partial charge in [-0.25, -0.2) is 4.39 Å². The minimum Gasteiger partial charge on any atom is -0.395 e. The summed E-state index contributed by atoms with van der Waals surface area (Å²) >= 11 is 0. The molecule has 2 aromatic rings. The number of nitrogens with one attached hydrogen (secondary N) is 1. The molecule has 0 saturated carbocycles. The number of aryl methyl sites for hydroxylation is 1. The third kappa shape index (κ3) is 3.87. The first kappa shape index (κ1) is 14.7. The zero-order valence-electron chi connectivity index (χ0n) is 11.2. The summed E-state index contributed by atoms with van der Waals surface area (Å²) in [4.78, 5) is 15.8. The molecule has 0 radical (unpaired) electrons. The zero-order chi connectivity index (χ0) is 15.2. The molecule has 0 spiro atoms. The van der Waals surface area contributed by atoms with E-state index >= 15 is 0 Å². The van der Waals surface area contributed by atoms with Gasteiger partial charge in [0.15, 0.2) is 5.82 Å². The molecule has 2 rings (SSSR count). The van der Waals surface area contributed by atoms with E-state index in [-0.39, 0.29) is 18.2 Å². The summed E-state index contributed by atoms with van der Waals surface area (Å²) in [6.07, 6.45) is 0.306. The maximum atomic E-state index is 13.7. The summed E-state index contributed by atoms with van der Waals surface area (Å²) in [6.45, 7) is 1.54. The molecule has 1 amide bonds. The van der Waals surface area contributed by atoms with Crippen LogP contribution in [0.25, 0.3) is 0 Å². The lowest BCUT2D eigenvalue weighted by molar-refractivity contribution is 0.101. The SMILES string of the molecule is Cc1noc(NC(=O)c2cc(C#CCCO)ccc2F)n1. The minimum atomic E-state index is -0.707. The molecule has 0 unspecified atom stereocenters. The highest BCUT2D eigenvalue weighted by Crippen LogP contribution is 2.13. The number of aliphatic hydroxyl groups excluding tert-OH is 1. The van der Waals surface area contributed by atoms with E-state index in [1.165, 1.54) is 12.1 Å². The van der Waals surface area contributed by atoms with Crippen molar-refractivity contribution in [1.29, 1.82) is 0 Å². The second kappa shape index (κ2) is 6.63. The fourth-order valence-electron chi connectivity index (χ4n) is 1.51. The first-order valence-electron chi connectivity index (χ1n) is 6.11. The van der Waals surface area contributed by atoms with Crippen LogP contribution < -0.4 is 5.32 Å². The van der Waals surface area contributed by atoms with Crippen LogP contribution in [0.2, 0.25) is 0 Å². The first-order valence-corrected chi connectivity index (χ1v) is 6.11. The van der Waals surface area contributed by atoms with Gasteiger partial charge in [-0.1, -0.05) is 17.0 Å². The van der Waals surface area contributed by atoms with E-state index in [1.54, 1.807) is 6.92 Å². The minimum absolute atomic E-state index is 0.0575. The summed E-state index contributed by atoms with van der Waals surface area (Å²) in [5.74, 6) is 4.39. The van der Waals surface area contributed by atoms with Crippen LogP contribution in [0, 0.1) is 24.6 Å². The van der Waals surface area contributed by atoms with E-state index in [4.69, 9.17) is 9.63 Å². The fourth-order valence-corrected chi connectivity index (χ4v) is 1.51. The Hall–Kier alpha value is -2.72. The number of hydrogen-bond acceptors (Lipinski definition) is 5. The molecule has 1 aromatic carbocycles. The van der Waals surface area contributed by atoms with Crippen molar-refractivity contribution in [2.24, 2.45) is 0 Å². The van der Waals surface area contributed by atoms with Gasteiger partial charge < -0.3 is 9.63 Å². The molecule has 0 fully saturated rings. The number of benzene rings is 1. The van der Waals surface area contributed by atoms with Crippen LogP contribution in [0.1, 0.15) is 28.2 Å². The van der Waals surface area contributed by atoms with Crippen LogP contribution in [0.5, 0.6) is 0 Å². The number of nitrogens with zero attached hydrogens (tertiary/aromatic N) is 2. The lowest BCUT2D eigenvalue weighted by Crippen LogP contribution is -2.14. The highest BCUT2D eigenvalue weighted by Gasteiger charge is 2.15. The third-order valence-electron chi connectivity index (χ3n) is 2.43. The predicted molar refractivity (Wildman–Crippen MR) is 72.0 cm³/mol. The first-order chi connectivity index (χ1) is 10.1. The van der Waals surface area contributed by atoms with Gasteiger partial charge in [0.2, 0.25) is 0 Å². The van der Waals surface area contributed by atoms with Gasteiger partial charge in [-0.3, -0.25) is 10.1 Å². The van der Waals surface area contributed by atoms with Crippen molar-refractivity contribution in [3.05, 3.63) is 41.0 Å². The van der Waals surface area contributed by atoms with Gasteiger partial charge in [-0.15, -0.1) is 0 Å². The summed E-state index contributed by atoms with van der Waals surface area (Å²) in [5, 5.41) is 14.5. The average Bonchev–Trinajstić information content (AvgIpc) is 2.86. The Kier molecular flexibility index (Phi) is 4.64. The molecule has 6 nitrogen and oxygen atoms in total. The number of aromatic nitrogens is 2. The van der Waals surface area contributed by atoms with E-state index < -0.39 is 11.7 Å². The standard InChI is InChI=1S/C14H12FN3O3/c1-9-16-14(21-18-9)17-13(20)11-8-10(4-2-3-7-19)5-6-12(11)15/h5-6,8,19H,3,7H2,1H3,(H,16,17,18,20). The molecule has 108 valence electrons. The Bertz CT molecular complexity index is 716. The smallest absolute Gasteiger partial charge is 0.328 e. The Morgan fingerprint density at radius 3 is 3.00 bits per heavy atom. The molecule has 0 aliphatic carbocycles. The molecule has 1 heterocycles. The molecule has 0 aliphatic heterocycles. The van der Waals surface area contributed by atoms with Crippen molar-refractivity contribution in [1.82, 2.24) is 10.1 Å². The van der Waals surface area contributed by atoms with Crippen LogP contribution in [-0.4, -0.2) is 27.8 Å². The lowest BCUT2D eigenvalue weighted by Gasteiger charge is -2.02. The number of aliphatic hydroxyl groups is 1. The highest BCUT2D eigenvalue weighted by atomic mass is 19.1. The molecule has 0 saturated heterocycles. The van der Waals surface area contributed by atoms with Gasteiger partial charge >= 0.3 is 6.01 Å².